The van der Waals surface area contributed by atoms with E-state index in [1.165, 1.54) is 25.7 Å². The van der Waals surface area contributed by atoms with E-state index < -0.39 is 0 Å². The van der Waals surface area contributed by atoms with Gasteiger partial charge in [0.1, 0.15) is 0 Å². The predicted molar refractivity (Wildman–Crippen MR) is 57.2 cm³/mol. The zero-order valence-electron chi connectivity index (χ0n) is 9.14. The molecule has 3 heteroatoms. The van der Waals surface area contributed by atoms with Crippen molar-refractivity contribution in [1.82, 2.24) is 5.32 Å². The topological polar surface area (TPSA) is 47.3 Å². The first kappa shape index (κ1) is 10.4. The second-order valence-electron chi connectivity index (χ2n) is 5.21. The summed E-state index contributed by atoms with van der Waals surface area (Å²) in [6.07, 6.45) is 5.00. The van der Waals surface area contributed by atoms with Gasteiger partial charge in [0.25, 0.3) is 0 Å². The molecule has 1 aliphatic carbocycles. The van der Waals surface area contributed by atoms with Gasteiger partial charge < -0.3 is 15.8 Å². The van der Waals surface area contributed by atoms with Gasteiger partial charge in [0.15, 0.2) is 0 Å². The van der Waals surface area contributed by atoms with E-state index in [1.54, 1.807) is 0 Å². The Balaban J connectivity index is 1.67. The normalized spacial score (nSPS) is 34.7. The Morgan fingerprint density at radius 2 is 2.07 bits per heavy atom. The van der Waals surface area contributed by atoms with Crippen LogP contribution in [0.5, 0.6) is 0 Å². The van der Waals surface area contributed by atoms with Gasteiger partial charge in [0.2, 0.25) is 0 Å². The summed E-state index contributed by atoms with van der Waals surface area (Å²) in [4.78, 5) is 0. The third kappa shape index (κ3) is 2.27. The van der Waals surface area contributed by atoms with Crippen molar-refractivity contribution < 1.29 is 4.74 Å². The molecular formula is C11H22N2O. The van der Waals surface area contributed by atoms with Gasteiger partial charge in [0, 0.05) is 19.7 Å². The average molecular weight is 198 g/mol. The molecule has 2 rings (SSSR count). The average Bonchev–Trinajstić information content (AvgIpc) is 2.83. The van der Waals surface area contributed by atoms with Gasteiger partial charge in [-0.15, -0.1) is 0 Å². The van der Waals surface area contributed by atoms with E-state index in [4.69, 9.17) is 10.5 Å². The first-order valence-electron chi connectivity index (χ1n) is 5.73. The van der Waals surface area contributed by atoms with E-state index in [2.05, 4.69) is 12.2 Å². The molecule has 0 spiro atoms. The second-order valence-corrected chi connectivity index (χ2v) is 5.21. The monoisotopic (exact) mass is 198 g/mol. The van der Waals surface area contributed by atoms with Crippen LogP contribution in [0.2, 0.25) is 0 Å². The fourth-order valence-corrected chi connectivity index (χ4v) is 2.20. The van der Waals surface area contributed by atoms with Gasteiger partial charge >= 0.3 is 0 Å². The molecule has 82 valence electrons. The molecule has 2 fully saturated rings. The maximum atomic E-state index is 5.72. The van der Waals surface area contributed by atoms with Crippen LogP contribution in [0, 0.1) is 5.41 Å². The lowest BCUT2D eigenvalue weighted by atomic mass is 10.0. The Hall–Kier alpha value is -0.120. The zero-order chi connectivity index (χ0) is 10.1. The minimum absolute atomic E-state index is 0.0880. The van der Waals surface area contributed by atoms with Gasteiger partial charge in [-0.05, 0) is 44.6 Å². The predicted octanol–water partition coefficient (Wildman–Crippen LogP) is 0.884. The number of hydrogen-bond acceptors (Lipinski definition) is 3. The van der Waals surface area contributed by atoms with Gasteiger partial charge in [-0.2, -0.15) is 0 Å². The van der Waals surface area contributed by atoms with Crippen LogP contribution in [0.1, 0.15) is 32.6 Å². The number of nitrogens with two attached hydrogens (primary N) is 1. The van der Waals surface area contributed by atoms with E-state index >= 15 is 0 Å². The molecule has 1 heterocycles. The highest BCUT2D eigenvalue weighted by Gasteiger charge is 2.41. The van der Waals surface area contributed by atoms with Crippen LogP contribution in [0.15, 0.2) is 0 Å². The van der Waals surface area contributed by atoms with Crippen molar-refractivity contribution in [2.24, 2.45) is 11.1 Å². The van der Waals surface area contributed by atoms with Crippen LogP contribution in [0.4, 0.5) is 0 Å². The maximum absolute atomic E-state index is 5.72. The number of nitrogens with one attached hydrogen (secondary N) is 1. The number of ether oxygens (including phenoxy) is 1. The SMILES string of the molecule is CC1(CNCC2(CN)CC2)CCCO1. The van der Waals surface area contributed by atoms with Gasteiger partial charge in [-0.25, -0.2) is 0 Å². The van der Waals surface area contributed by atoms with Crippen molar-refractivity contribution in [2.75, 3.05) is 26.2 Å². The van der Waals surface area contributed by atoms with E-state index in [1.807, 2.05) is 0 Å². The summed E-state index contributed by atoms with van der Waals surface area (Å²) in [6.45, 7) is 6.02. The first-order chi connectivity index (χ1) is 6.68. The summed E-state index contributed by atoms with van der Waals surface area (Å²) in [7, 11) is 0. The van der Waals surface area contributed by atoms with Crippen molar-refractivity contribution >= 4 is 0 Å². The highest BCUT2D eigenvalue weighted by molar-refractivity contribution is 4.96. The molecule has 1 unspecified atom stereocenters. The molecule has 3 N–H and O–H groups in total. The fourth-order valence-electron chi connectivity index (χ4n) is 2.20. The van der Waals surface area contributed by atoms with Crippen molar-refractivity contribution in [3.63, 3.8) is 0 Å². The van der Waals surface area contributed by atoms with Crippen LogP contribution in [-0.2, 0) is 4.74 Å². The lowest BCUT2D eigenvalue weighted by Gasteiger charge is -2.25. The Kier molecular flexibility index (Phi) is 2.82. The van der Waals surface area contributed by atoms with Crippen molar-refractivity contribution in [3.05, 3.63) is 0 Å². The Labute approximate surface area is 86.4 Å². The molecule has 0 aromatic rings. The molecule has 1 aliphatic heterocycles. The zero-order valence-corrected chi connectivity index (χ0v) is 9.14. The highest BCUT2D eigenvalue weighted by atomic mass is 16.5. The minimum atomic E-state index is 0.0880. The molecule has 0 aromatic carbocycles. The molecule has 0 bridgehead atoms. The van der Waals surface area contributed by atoms with Crippen molar-refractivity contribution in [3.8, 4) is 0 Å². The lowest BCUT2D eigenvalue weighted by molar-refractivity contribution is 0.0201. The summed E-state index contributed by atoms with van der Waals surface area (Å²) in [5.41, 5.74) is 6.25. The van der Waals surface area contributed by atoms with Crippen LogP contribution in [-0.4, -0.2) is 31.8 Å². The summed E-state index contributed by atoms with van der Waals surface area (Å²) in [6, 6.07) is 0. The molecule has 2 aliphatic rings. The standard InChI is InChI=1S/C11H22N2O/c1-10(3-2-6-14-10)8-13-9-11(7-12)4-5-11/h13H,2-9,12H2,1H3. The second kappa shape index (κ2) is 3.80. The number of hydrogen-bond donors (Lipinski definition) is 2. The summed E-state index contributed by atoms with van der Waals surface area (Å²) >= 11 is 0. The molecule has 1 saturated heterocycles. The molecule has 1 atom stereocenters. The van der Waals surface area contributed by atoms with E-state index in [0.717, 1.165) is 26.2 Å². The van der Waals surface area contributed by atoms with Gasteiger partial charge in [-0.3, -0.25) is 0 Å². The lowest BCUT2D eigenvalue weighted by Crippen LogP contribution is -2.40. The molecule has 1 saturated carbocycles. The molecular weight excluding hydrogens is 176 g/mol. The van der Waals surface area contributed by atoms with Crippen LogP contribution in [0.3, 0.4) is 0 Å². The summed E-state index contributed by atoms with van der Waals surface area (Å²) in [5.74, 6) is 0. The van der Waals surface area contributed by atoms with Crippen molar-refractivity contribution in [1.29, 1.82) is 0 Å². The van der Waals surface area contributed by atoms with Crippen molar-refractivity contribution in [2.45, 2.75) is 38.2 Å². The van der Waals surface area contributed by atoms with Crippen LogP contribution >= 0.6 is 0 Å². The van der Waals surface area contributed by atoms with Gasteiger partial charge in [-0.1, -0.05) is 0 Å². The third-order valence-corrected chi connectivity index (χ3v) is 3.69. The van der Waals surface area contributed by atoms with E-state index in [9.17, 15) is 0 Å². The van der Waals surface area contributed by atoms with Crippen LogP contribution in [0.25, 0.3) is 0 Å². The van der Waals surface area contributed by atoms with Crippen LogP contribution < -0.4 is 11.1 Å². The Morgan fingerprint density at radius 1 is 1.29 bits per heavy atom. The highest BCUT2D eigenvalue weighted by Crippen LogP contribution is 2.43. The minimum Gasteiger partial charge on any atom is -0.374 e. The first-order valence-corrected chi connectivity index (χ1v) is 5.73. The fraction of sp³-hybridized carbons (Fsp3) is 1.00. The number of rotatable bonds is 5. The van der Waals surface area contributed by atoms with E-state index in [0.29, 0.717) is 5.41 Å². The third-order valence-electron chi connectivity index (χ3n) is 3.69. The maximum Gasteiger partial charge on any atom is 0.0779 e. The molecule has 0 radical (unpaired) electrons. The smallest absolute Gasteiger partial charge is 0.0779 e. The van der Waals surface area contributed by atoms with E-state index in [-0.39, 0.29) is 5.60 Å². The Bertz CT molecular complexity index is 195. The molecule has 0 aromatic heterocycles. The molecule has 14 heavy (non-hydrogen) atoms. The van der Waals surface area contributed by atoms with Gasteiger partial charge in [0.05, 0.1) is 5.60 Å². The quantitative estimate of drug-likeness (QED) is 0.689. The molecule has 0 amide bonds. The Morgan fingerprint density at radius 3 is 2.57 bits per heavy atom. The largest absolute Gasteiger partial charge is 0.374 e. The molecule has 3 nitrogen and oxygen atoms in total. The summed E-state index contributed by atoms with van der Waals surface area (Å²) in [5, 5.41) is 3.52. The summed E-state index contributed by atoms with van der Waals surface area (Å²) < 4.78 is 5.72.